The Hall–Kier alpha value is 1.17. The molecular formula is C15H23Br2ClO2. The number of alkyl halides is 3. The summed E-state index contributed by atoms with van der Waals surface area (Å²) in [7, 11) is 0. The summed E-state index contributed by atoms with van der Waals surface area (Å²) in [6.45, 7) is 7.49. The number of hydrogen-bond donors (Lipinski definition) is 1. The van der Waals surface area contributed by atoms with Crippen LogP contribution in [-0.4, -0.2) is 37.9 Å². The number of aliphatic hydroxyl groups is 1. The van der Waals surface area contributed by atoms with Crippen molar-refractivity contribution in [3.8, 4) is 0 Å². The van der Waals surface area contributed by atoms with E-state index in [9.17, 15) is 5.11 Å². The van der Waals surface area contributed by atoms with Crippen molar-refractivity contribution in [3.63, 3.8) is 0 Å². The molecule has 6 atom stereocenters. The van der Waals surface area contributed by atoms with Gasteiger partial charge in [0.25, 0.3) is 0 Å². The predicted octanol–water partition coefficient (Wildman–Crippen LogP) is 4.24. The van der Waals surface area contributed by atoms with Crippen molar-refractivity contribution in [2.24, 2.45) is 10.8 Å². The number of hydrogen-bond acceptors (Lipinski definition) is 2. The summed E-state index contributed by atoms with van der Waals surface area (Å²) in [5.41, 5.74) is -0.151. The van der Waals surface area contributed by atoms with E-state index in [-0.39, 0.29) is 37.1 Å². The Morgan fingerprint density at radius 1 is 1.20 bits per heavy atom. The molecule has 3 aliphatic rings. The third-order valence-corrected chi connectivity index (χ3v) is 9.99. The molecule has 1 aliphatic heterocycles. The minimum Gasteiger partial charge on any atom is -0.392 e. The van der Waals surface area contributed by atoms with Crippen molar-refractivity contribution < 1.29 is 9.84 Å². The van der Waals surface area contributed by atoms with Crippen LogP contribution >= 0.6 is 43.5 Å². The molecule has 3 rings (SSSR count). The van der Waals surface area contributed by atoms with E-state index in [4.69, 9.17) is 16.3 Å². The summed E-state index contributed by atoms with van der Waals surface area (Å²) in [6, 6.07) is 0. The fourth-order valence-electron chi connectivity index (χ4n) is 4.68. The van der Waals surface area contributed by atoms with Crippen molar-refractivity contribution in [1.29, 1.82) is 0 Å². The summed E-state index contributed by atoms with van der Waals surface area (Å²) in [5.74, 6) is 0. The molecule has 0 aromatic carbocycles. The van der Waals surface area contributed by atoms with Crippen molar-refractivity contribution in [2.75, 3.05) is 6.61 Å². The Kier molecular flexibility index (Phi) is 3.68. The van der Waals surface area contributed by atoms with Gasteiger partial charge in [-0.1, -0.05) is 45.7 Å². The van der Waals surface area contributed by atoms with Gasteiger partial charge in [-0.3, -0.25) is 0 Å². The lowest BCUT2D eigenvalue weighted by atomic mass is 9.46. The van der Waals surface area contributed by atoms with E-state index in [1.54, 1.807) is 0 Å². The van der Waals surface area contributed by atoms with E-state index in [1.807, 2.05) is 0 Å². The molecule has 3 unspecified atom stereocenters. The topological polar surface area (TPSA) is 32.8 Å². The third kappa shape index (κ3) is 1.94. The molecule has 1 heterocycles. The summed E-state index contributed by atoms with van der Waals surface area (Å²) in [6.07, 6.45) is 3.47. The zero-order valence-electron chi connectivity index (χ0n) is 12.3. The number of fused-ring (bicyclic) bond motifs is 1. The molecule has 0 bridgehead atoms. The van der Waals surface area contributed by atoms with Gasteiger partial charge >= 0.3 is 0 Å². The van der Waals surface area contributed by atoms with E-state index in [2.05, 4.69) is 52.6 Å². The molecule has 1 N–H and O–H groups in total. The van der Waals surface area contributed by atoms with Crippen molar-refractivity contribution in [3.05, 3.63) is 0 Å². The molecule has 3 fully saturated rings. The predicted molar refractivity (Wildman–Crippen MR) is 89.1 cm³/mol. The molecule has 0 amide bonds. The largest absolute Gasteiger partial charge is 0.392 e. The first-order valence-corrected chi connectivity index (χ1v) is 9.52. The first kappa shape index (κ1) is 16.0. The Morgan fingerprint density at radius 2 is 1.80 bits per heavy atom. The number of rotatable bonds is 0. The van der Waals surface area contributed by atoms with Gasteiger partial charge in [-0.25, -0.2) is 0 Å². The molecule has 1 saturated heterocycles. The normalized spacial score (nSPS) is 58.0. The Morgan fingerprint density at radius 3 is 2.30 bits per heavy atom. The van der Waals surface area contributed by atoms with Gasteiger partial charge < -0.3 is 9.84 Å². The van der Waals surface area contributed by atoms with Crippen LogP contribution in [-0.2, 0) is 4.74 Å². The molecule has 2 saturated carbocycles. The lowest BCUT2D eigenvalue weighted by Gasteiger charge is -2.61. The standard InChI is InChI=1S/C15H23Br2ClO2/c1-12(2)11(16)9(19)6-15(8-20-15)14(12)5-4-13(3,17)10(18)7-14/h9-11,19H,4-8H2,1-3H3/t9-,10?,11?,13?,14-,15-/m1/s1. The number of ether oxygens (including phenoxy) is 1. The number of aliphatic hydroxyl groups excluding tert-OH is 1. The number of halogens is 3. The van der Waals surface area contributed by atoms with Crippen LogP contribution < -0.4 is 0 Å². The fraction of sp³-hybridized carbons (Fsp3) is 1.00. The van der Waals surface area contributed by atoms with Gasteiger partial charge in [0.05, 0.1) is 12.7 Å². The van der Waals surface area contributed by atoms with Gasteiger partial charge in [-0.15, -0.1) is 11.6 Å². The molecule has 0 radical (unpaired) electrons. The Bertz CT molecular complexity index is 422. The highest BCUT2D eigenvalue weighted by atomic mass is 79.9. The summed E-state index contributed by atoms with van der Waals surface area (Å²) in [4.78, 5) is 0.0911. The van der Waals surface area contributed by atoms with E-state index in [0.29, 0.717) is 0 Å². The second-order valence-corrected chi connectivity index (χ2v) is 11.0. The van der Waals surface area contributed by atoms with Gasteiger partial charge in [0.2, 0.25) is 0 Å². The average Bonchev–Trinajstić information content (AvgIpc) is 3.11. The first-order chi connectivity index (χ1) is 9.08. The first-order valence-electron chi connectivity index (χ1n) is 7.37. The van der Waals surface area contributed by atoms with E-state index < -0.39 is 0 Å². The highest BCUT2D eigenvalue weighted by molar-refractivity contribution is 9.10. The highest BCUT2D eigenvalue weighted by Gasteiger charge is 2.73. The van der Waals surface area contributed by atoms with Crippen LogP contribution in [0.25, 0.3) is 0 Å². The maximum Gasteiger partial charge on any atom is 0.100 e. The minimum atomic E-state index is -0.343. The molecule has 116 valence electrons. The second-order valence-electron chi connectivity index (χ2n) is 7.71. The molecule has 2 spiro atoms. The van der Waals surface area contributed by atoms with Crippen LogP contribution in [0.2, 0.25) is 0 Å². The average molecular weight is 431 g/mol. The van der Waals surface area contributed by atoms with Crippen LogP contribution in [0.5, 0.6) is 0 Å². The van der Waals surface area contributed by atoms with Crippen molar-refractivity contribution >= 4 is 43.5 Å². The molecule has 20 heavy (non-hydrogen) atoms. The van der Waals surface area contributed by atoms with E-state index >= 15 is 0 Å². The van der Waals surface area contributed by atoms with Gasteiger partial charge in [0.15, 0.2) is 0 Å². The van der Waals surface area contributed by atoms with E-state index in [1.165, 1.54) is 0 Å². The monoisotopic (exact) mass is 428 g/mol. The Labute approximate surface area is 143 Å². The number of epoxide rings is 1. The third-order valence-electron chi connectivity index (χ3n) is 6.39. The van der Waals surface area contributed by atoms with Gasteiger partial charge in [-0.05, 0) is 31.6 Å². The zero-order chi connectivity index (χ0) is 15.0. The van der Waals surface area contributed by atoms with Crippen LogP contribution in [0.15, 0.2) is 0 Å². The SMILES string of the molecule is CC1(Br)CC[C@@]2(CC1Cl)C(C)(C)C(Br)[C@H](O)C[C@@]21CO1. The maximum atomic E-state index is 10.4. The fourth-order valence-corrected chi connectivity index (χ4v) is 6.04. The molecule has 2 nitrogen and oxygen atoms in total. The van der Waals surface area contributed by atoms with Crippen LogP contribution in [0.3, 0.4) is 0 Å². The molecule has 5 heteroatoms. The highest BCUT2D eigenvalue weighted by Crippen LogP contribution is 2.70. The summed E-state index contributed by atoms with van der Waals surface area (Å²) >= 11 is 14.3. The van der Waals surface area contributed by atoms with E-state index in [0.717, 1.165) is 32.3 Å². The molecule has 0 aromatic rings. The maximum absolute atomic E-state index is 10.4. The lowest BCUT2D eigenvalue weighted by Crippen LogP contribution is -2.65. The summed E-state index contributed by atoms with van der Waals surface area (Å²) in [5, 5.41) is 10.5. The van der Waals surface area contributed by atoms with Gasteiger partial charge in [-0.2, -0.15) is 0 Å². The van der Waals surface area contributed by atoms with Crippen LogP contribution in [0, 0.1) is 10.8 Å². The Balaban J connectivity index is 2.01. The van der Waals surface area contributed by atoms with Crippen LogP contribution in [0.1, 0.15) is 46.5 Å². The smallest absolute Gasteiger partial charge is 0.100 e. The molecular weight excluding hydrogens is 407 g/mol. The van der Waals surface area contributed by atoms with Crippen molar-refractivity contribution in [2.45, 2.75) is 72.7 Å². The van der Waals surface area contributed by atoms with Crippen molar-refractivity contribution in [1.82, 2.24) is 0 Å². The zero-order valence-corrected chi connectivity index (χ0v) is 16.2. The molecule has 0 aromatic heterocycles. The summed E-state index contributed by atoms with van der Waals surface area (Å²) < 4.78 is 5.95. The molecule has 2 aliphatic carbocycles. The van der Waals surface area contributed by atoms with Gasteiger partial charge in [0.1, 0.15) is 5.60 Å². The van der Waals surface area contributed by atoms with Gasteiger partial charge in [0, 0.05) is 26.4 Å². The van der Waals surface area contributed by atoms with Crippen LogP contribution in [0.4, 0.5) is 0 Å². The minimum absolute atomic E-state index is 0.00381. The second kappa shape index (κ2) is 4.59. The quantitative estimate of drug-likeness (QED) is 0.461. The lowest BCUT2D eigenvalue weighted by molar-refractivity contribution is -0.120.